The van der Waals surface area contributed by atoms with Crippen LogP contribution in [0.3, 0.4) is 0 Å². The fourth-order valence-electron chi connectivity index (χ4n) is 0.857. The summed E-state index contributed by atoms with van der Waals surface area (Å²) < 4.78 is 0. The van der Waals surface area contributed by atoms with Crippen molar-refractivity contribution in [3.05, 3.63) is 0 Å². The molecule has 1 rings (SSSR count). The highest BCUT2D eigenvalue weighted by molar-refractivity contribution is 8.77. The van der Waals surface area contributed by atoms with E-state index in [2.05, 4.69) is 24.6 Å². The molecule has 0 aliphatic carbocycles. The van der Waals surface area contributed by atoms with Crippen LogP contribution in [-0.2, 0) is 0 Å². The summed E-state index contributed by atoms with van der Waals surface area (Å²) in [6.45, 7) is 4.59. The first-order valence-corrected chi connectivity index (χ1v) is 5.42. The highest BCUT2D eigenvalue weighted by Gasteiger charge is 2.20. The average molecular weight is 148 g/mol. The van der Waals surface area contributed by atoms with Gasteiger partial charge in [0.1, 0.15) is 0 Å². The molecule has 1 aliphatic heterocycles. The van der Waals surface area contributed by atoms with Crippen LogP contribution in [0.1, 0.15) is 26.7 Å². The average Bonchev–Trinajstić information content (AvgIpc) is 2.14. The van der Waals surface area contributed by atoms with Gasteiger partial charge in [-0.2, -0.15) is 0 Å². The molecule has 48 valence electrons. The Morgan fingerprint density at radius 1 is 1.50 bits per heavy atom. The van der Waals surface area contributed by atoms with Crippen molar-refractivity contribution in [2.75, 3.05) is 0 Å². The quantitative estimate of drug-likeness (QED) is 0.524. The lowest BCUT2D eigenvalue weighted by Crippen LogP contribution is -1.97. The van der Waals surface area contributed by atoms with E-state index in [1.165, 1.54) is 12.8 Å². The Balaban J connectivity index is 2.22. The summed E-state index contributed by atoms with van der Waals surface area (Å²) in [5, 5.41) is 1.86. The molecule has 0 spiro atoms. The van der Waals surface area contributed by atoms with E-state index in [1.807, 2.05) is 10.8 Å². The highest BCUT2D eigenvalue weighted by Crippen LogP contribution is 2.44. The van der Waals surface area contributed by atoms with Gasteiger partial charge in [-0.3, -0.25) is 0 Å². The molecule has 0 amide bonds. The monoisotopic (exact) mass is 148 g/mol. The summed E-state index contributed by atoms with van der Waals surface area (Å²) in [4.78, 5) is 0. The van der Waals surface area contributed by atoms with Crippen molar-refractivity contribution >= 4 is 21.6 Å². The first kappa shape index (κ1) is 6.81. The zero-order valence-electron chi connectivity index (χ0n) is 5.39. The third-order valence-corrected chi connectivity index (χ3v) is 4.97. The minimum Gasteiger partial charge on any atom is -0.0907 e. The molecule has 0 bridgehead atoms. The van der Waals surface area contributed by atoms with Gasteiger partial charge in [-0.15, -0.1) is 0 Å². The zero-order chi connectivity index (χ0) is 5.98. The van der Waals surface area contributed by atoms with Crippen LogP contribution in [0, 0.1) is 0 Å². The standard InChI is InChI=1S/C6H12S2/c1-3-6-4-5(2)7-8-6/h5-6H,3-4H2,1-2H3. The molecule has 2 unspecified atom stereocenters. The Kier molecular flexibility index (Phi) is 2.57. The summed E-state index contributed by atoms with van der Waals surface area (Å²) in [5.74, 6) is 0. The predicted molar refractivity (Wildman–Crippen MR) is 43.3 cm³/mol. The van der Waals surface area contributed by atoms with Gasteiger partial charge in [0.15, 0.2) is 0 Å². The SMILES string of the molecule is CCC1CC(C)SS1. The predicted octanol–water partition coefficient (Wildman–Crippen LogP) is 2.94. The summed E-state index contributed by atoms with van der Waals surface area (Å²) in [7, 11) is 4.11. The Hall–Kier alpha value is 0.700. The third-order valence-electron chi connectivity index (χ3n) is 1.41. The minimum atomic E-state index is 0.907. The molecule has 8 heavy (non-hydrogen) atoms. The maximum atomic E-state index is 2.31. The molecular formula is C6H12S2. The summed E-state index contributed by atoms with van der Waals surface area (Å²) in [6.07, 6.45) is 2.77. The number of rotatable bonds is 1. The smallest absolute Gasteiger partial charge is 0.0159 e. The van der Waals surface area contributed by atoms with Crippen molar-refractivity contribution in [2.24, 2.45) is 0 Å². The maximum absolute atomic E-state index is 2.31. The van der Waals surface area contributed by atoms with Gasteiger partial charge >= 0.3 is 0 Å². The Bertz CT molecular complexity index is 72.9. The Labute approximate surface area is 59.2 Å². The van der Waals surface area contributed by atoms with Gasteiger partial charge in [-0.1, -0.05) is 35.4 Å². The Morgan fingerprint density at radius 2 is 2.25 bits per heavy atom. The van der Waals surface area contributed by atoms with E-state index in [1.54, 1.807) is 0 Å². The van der Waals surface area contributed by atoms with Gasteiger partial charge in [0.25, 0.3) is 0 Å². The van der Waals surface area contributed by atoms with Gasteiger partial charge in [0.05, 0.1) is 0 Å². The van der Waals surface area contributed by atoms with Crippen molar-refractivity contribution in [3.63, 3.8) is 0 Å². The van der Waals surface area contributed by atoms with Crippen LogP contribution in [-0.4, -0.2) is 10.5 Å². The molecule has 0 aromatic rings. The fraction of sp³-hybridized carbons (Fsp3) is 1.00. The van der Waals surface area contributed by atoms with Gasteiger partial charge in [-0.05, 0) is 12.8 Å². The van der Waals surface area contributed by atoms with Gasteiger partial charge < -0.3 is 0 Å². The van der Waals surface area contributed by atoms with E-state index in [4.69, 9.17) is 0 Å². The normalized spacial score (nSPS) is 38.2. The van der Waals surface area contributed by atoms with Gasteiger partial charge in [0.2, 0.25) is 0 Å². The minimum absolute atomic E-state index is 0.907. The van der Waals surface area contributed by atoms with Crippen LogP contribution < -0.4 is 0 Å². The van der Waals surface area contributed by atoms with E-state index in [9.17, 15) is 0 Å². The van der Waals surface area contributed by atoms with Crippen molar-refractivity contribution in [1.29, 1.82) is 0 Å². The molecule has 0 aromatic heterocycles. The molecule has 0 saturated carbocycles. The van der Waals surface area contributed by atoms with Crippen LogP contribution in [0.2, 0.25) is 0 Å². The molecule has 1 fully saturated rings. The topological polar surface area (TPSA) is 0 Å². The second-order valence-corrected chi connectivity index (χ2v) is 5.28. The summed E-state index contributed by atoms with van der Waals surface area (Å²) >= 11 is 0. The molecule has 2 heteroatoms. The zero-order valence-corrected chi connectivity index (χ0v) is 7.02. The van der Waals surface area contributed by atoms with Crippen molar-refractivity contribution < 1.29 is 0 Å². The second kappa shape index (κ2) is 3.02. The van der Waals surface area contributed by atoms with Crippen molar-refractivity contribution in [1.82, 2.24) is 0 Å². The first-order valence-electron chi connectivity index (χ1n) is 3.15. The Morgan fingerprint density at radius 3 is 2.50 bits per heavy atom. The van der Waals surface area contributed by atoms with E-state index in [-0.39, 0.29) is 0 Å². The largest absolute Gasteiger partial charge is 0.0907 e. The van der Waals surface area contributed by atoms with Crippen molar-refractivity contribution in [2.45, 2.75) is 37.2 Å². The maximum Gasteiger partial charge on any atom is 0.0159 e. The molecule has 2 atom stereocenters. The van der Waals surface area contributed by atoms with Crippen LogP contribution in [0.25, 0.3) is 0 Å². The fourth-order valence-corrected chi connectivity index (χ4v) is 4.06. The lowest BCUT2D eigenvalue weighted by molar-refractivity contribution is 0.746. The molecule has 1 saturated heterocycles. The van der Waals surface area contributed by atoms with E-state index < -0.39 is 0 Å². The molecule has 0 nitrogen and oxygen atoms in total. The van der Waals surface area contributed by atoms with E-state index in [0.717, 1.165) is 10.5 Å². The van der Waals surface area contributed by atoms with Crippen LogP contribution in [0.5, 0.6) is 0 Å². The first-order chi connectivity index (χ1) is 3.83. The number of hydrogen-bond donors (Lipinski definition) is 0. The molecule has 1 heterocycles. The molecule has 0 radical (unpaired) electrons. The lowest BCUT2D eigenvalue weighted by atomic mass is 10.2. The lowest BCUT2D eigenvalue weighted by Gasteiger charge is -1.99. The van der Waals surface area contributed by atoms with Gasteiger partial charge in [-0.25, -0.2) is 0 Å². The third kappa shape index (κ3) is 1.59. The van der Waals surface area contributed by atoms with Crippen molar-refractivity contribution in [3.8, 4) is 0 Å². The van der Waals surface area contributed by atoms with Gasteiger partial charge in [0, 0.05) is 10.5 Å². The molecular weight excluding hydrogens is 136 g/mol. The van der Waals surface area contributed by atoms with Crippen LogP contribution in [0.15, 0.2) is 0 Å². The second-order valence-electron chi connectivity index (χ2n) is 2.27. The summed E-state index contributed by atoms with van der Waals surface area (Å²) in [5.41, 5.74) is 0. The molecule has 0 aromatic carbocycles. The number of hydrogen-bond acceptors (Lipinski definition) is 2. The molecule has 0 N–H and O–H groups in total. The van der Waals surface area contributed by atoms with Crippen LogP contribution in [0.4, 0.5) is 0 Å². The summed E-state index contributed by atoms with van der Waals surface area (Å²) in [6, 6.07) is 0. The molecule has 1 aliphatic rings. The van der Waals surface area contributed by atoms with E-state index >= 15 is 0 Å². The van der Waals surface area contributed by atoms with Crippen LogP contribution >= 0.6 is 21.6 Å². The van der Waals surface area contributed by atoms with E-state index in [0.29, 0.717) is 0 Å². The highest BCUT2D eigenvalue weighted by atomic mass is 33.1.